The van der Waals surface area contributed by atoms with Gasteiger partial charge in [0.1, 0.15) is 0 Å². The van der Waals surface area contributed by atoms with Crippen LogP contribution < -0.4 is 0 Å². The summed E-state index contributed by atoms with van der Waals surface area (Å²) in [6.45, 7) is 2.13. The molecule has 2 heteroatoms. The van der Waals surface area contributed by atoms with Crippen LogP contribution in [0.15, 0.2) is 0 Å². The Morgan fingerprint density at radius 1 is 1.44 bits per heavy atom. The van der Waals surface area contributed by atoms with E-state index in [0.29, 0.717) is 6.10 Å². The summed E-state index contributed by atoms with van der Waals surface area (Å²) < 4.78 is 5.51. The minimum Gasteiger partial charge on any atom is -0.375 e. The first-order valence-electron chi connectivity index (χ1n) is 3.68. The summed E-state index contributed by atoms with van der Waals surface area (Å²) in [7, 11) is 2.19. The molecule has 3 heterocycles. The number of fused-ring (bicyclic) bond motifs is 3. The van der Waals surface area contributed by atoms with Gasteiger partial charge in [-0.2, -0.15) is 0 Å². The van der Waals surface area contributed by atoms with Gasteiger partial charge < -0.3 is 4.74 Å². The average Bonchev–Trinajstić information content (AvgIpc) is 1.90. The Morgan fingerprint density at radius 2 is 2.33 bits per heavy atom. The van der Waals surface area contributed by atoms with Crippen LogP contribution in [0.5, 0.6) is 0 Å². The van der Waals surface area contributed by atoms with E-state index >= 15 is 0 Å². The van der Waals surface area contributed by atoms with Gasteiger partial charge in [-0.15, -0.1) is 0 Å². The summed E-state index contributed by atoms with van der Waals surface area (Å²) in [6.07, 6.45) is 3.19. The Bertz CT molecular complexity index is 107. The highest BCUT2D eigenvalue weighted by Crippen LogP contribution is 2.24. The zero-order chi connectivity index (χ0) is 6.27. The molecule has 52 valence electrons. The Hall–Kier alpha value is -0.0800. The van der Waals surface area contributed by atoms with Crippen LogP contribution >= 0.6 is 0 Å². The van der Waals surface area contributed by atoms with Crippen molar-refractivity contribution in [1.29, 1.82) is 0 Å². The summed E-state index contributed by atoms with van der Waals surface area (Å²) in [5.74, 6) is 0. The van der Waals surface area contributed by atoms with Gasteiger partial charge in [0, 0.05) is 12.6 Å². The molecule has 1 unspecified atom stereocenters. The monoisotopic (exact) mass is 127 g/mol. The summed E-state index contributed by atoms with van der Waals surface area (Å²) in [5.41, 5.74) is 0. The smallest absolute Gasteiger partial charge is 0.0703 e. The molecule has 3 aliphatic rings. The molecule has 0 N–H and O–H groups in total. The maximum Gasteiger partial charge on any atom is 0.0703 e. The largest absolute Gasteiger partial charge is 0.375 e. The number of hydrogen-bond donors (Lipinski definition) is 0. The molecule has 0 aromatic rings. The van der Waals surface area contributed by atoms with Gasteiger partial charge in [-0.25, -0.2) is 0 Å². The topological polar surface area (TPSA) is 12.5 Å². The molecular weight excluding hydrogens is 114 g/mol. The third-order valence-electron chi connectivity index (χ3n) is 2.46. The Balaban J connectivity index is 2.06. The number of nitrogens with zero attached hydrogens (tertiary/aromatic N) is 1. The number of ether oxygens (including phenoxy) is 1. The number of rotatable bonds is 0. The number of hydrogen-bond acceptors (Lipinski definition) is 2. The van der Waals surface area contributed by atoms with E-state index in [-0.39, 0.29) is 0 Å². The lowest BCUT2D eigenvalue weighted by Gasteiger charge is -2.43. The van der Waals surface area contributed by atoms with Crippen LogP contribution in [0.25, 0.3) is 0 Å². The summed E-state index contributed by atoms with van der Waals surface area (Å²) in [4.78, 5) is 2.41. The average molecular weight is 127 g/mol. The summed E-state index contributed by atoms with van der Waals surface area (Å²) in [6, 6.07) is 0.731. The van der Waals surface area contributed by atoms with Crippen molar-refractivity contribution in [2.45, 2.75) is 25.0 Å². The maximum absolute atomic E-state index is 5.51. The second-order valence-corrected chi connectivity index (χ2v) is 3.13. The van der Waals surface area contributed by atoms with E-state index < -0.39 is 0 Å². The van der Waals surface area contributed by atoms with E-state index in [1.54, 1.807) is 0 Å². The van der Waals surface area contributed by atoms with Crippen LogP contribution in [0, 0.1) is 0 Å². The third kappa shape index (κ3) is 0.864. The molecule has 0 saturated carbocycles. The van der Waals surface area contributed by atoms with E-state index in [1.165, 1.54) is 12.8 Å². The van der Waals surface area contributed by atoms with Crippen molar-refractivity contribution in [3.05, 3.63) is 0 Å². The van der Waals surface area contributed by atoms with E-state index in [4.69, 9.17) is 4.74 Å². The number of morpholine rings is 1. The van der Waals surface area contributed by atoms with E-state index in [2.05, 4.69) is 11.9 Å². The van der Waals surface area contributed by atoms with Gasteiger partial charge in [0.25, 0.3) is 0 Å². The Morgan fingerprint density at radius 3 is 2.56 bits per heavy atom. The molecule has 3 rings (SSSR count). The molecule has 0 spiro atoms. The molecule has 3 aliphatic heterocycles. The van der Waals surface area contributed by atoms with Crippen molar-refractivity contribution in [3.8, 4) is 0 Å². The highest BCUT2D eigenvalue weighted by atomic mass is 16.5. The molecule has 0 radical (unpaired) electrons. The van der Waals surface area contributed by atoms with Crippen LogP contribution in [-0.2, 0) is 4.74 Å². The second kappa shape index (κ2) is 1.96. The van der Waals surface area contributed by atoms with Crippen LogP contribution in [0.2, 0.25) is 0 Å². The minimum atomic E-state index is 0.556. The standard InChI is InChI=1S/C7H13NO/c1-8-4-7-3-2-6(8)5-9-7/h6-7H,2-5H2,1H3/t6-,7?/m1/s1. The summed E-state index contributed by atoms with van der Waals surface area (Å²) in [5, 5.41) is 0. The predicted molar refractivity (Wildman–Crippen MR) is 35.4 cm³/mol. The third-order valence-corrected chi connectivity index (χ3v) is 2.46. The van der Waals surface area contributed by atoms with Crippen molar-refractivity contribution in [2.24, 2.45) is 0 Å². The quantitative estimate of drug-likeness (QED) is 0.469. The van der Waals surface area contributed by atoms with E-state index in [1.807, 2.05) is 0 Å². The van der Waals surface area contributed by atoms with E-state index in [9.17, 15) is 0 Å². The molecule has 2 nitrogen and oxygen atoms in total. The Labute approximate surface area is 55.8 Å². The molecule has 2 bridgehead atoms. The minimum absolute atomic E-state index is 0.556. The SMILES string of the molecule is CN1CC2CC[C@@H]1CO2. The van der Waals surface area contributed by atoms with Crippen LogP contribution in [0.3, 0.4) is 0 Å². The highest BCUT2D eigenvalue weighted by Gasteiger charge is 2.31. The number of likely N-dealkylation sites (N-methyl/N-ethyl adjacent to an activating group) is 1. The predicted octanol–water partition coefficient (Wildman–Crippen LogP) is 0.479. The lowest BCUT2D eigenvalue weighted by molar-refractivity contribution is -0.0962. The van der Waals surface area contributed by atoms with Gasteiger partial charge in [-0.05, 0) is 19.9 Å². The van der Waals surface area contributed by atoms with Gasteiger partial charge >= 0.3 is 0 Å². The van der Waals surface area contributed by atoms with Crippen molar-refractivity contribution in [1.82, 2.24) is 4.90 Å². The normalized spacial score (nSPS) is 43.7. The molecular formula is C7H13NO. The molecule has 0 aromatic carbocycles. The molecule has 2 atom stereocenters. The van der Waals surface area contributed by atoms with Crippen molar-refractivity contribution in [2.75, 3.05) is 20.2 Å². The van der Waals surface area contributed by atoms with Crippen molar-refractivity contribution in [3.63, 3.8) is 0 Å². The van der Waals surface area contributed by atoms with Crippen molar-refractivity contribution < 1.29 is 4.74 Å². The molecule has 3 saturated heterocycles. The van der Waals surface area contributed by atoms with Gasteiger partial charge in [-0.1, -0.05) is 0 Å². The lowest BCUT2D eigenvalue weighted by atomic mass is 9.98. The Kier molecular flexibility index (Phi) is 1.24. The second-order valence-electron chi connectivity index (χ2n) is 3.13. The summed E-state index contributed by atoms with van der Waals surface area (Å²) >= 11 is 0. The molecule has 0 amide bonds. The highest BCUT2D eigenvalue weighted by molar-refractivity contribution is 4.84. The van der Waals surface area contributed by atoms with Crippen LogP contribution in [0.1, 0.15) is 12.8 Å². The fourth-order valence-electron chi connectivity index (χ4n) is 1.75. The lowest BCUT2D eigenvalue weighted by Crippen LogP contribution is -2.52. The van der Waals surface area contributed by atoms with Gasteiger partial charge in [0.15, 0.2) is 0 Å². The van der Waals surface area contributed by atoms with Gasteiger partial charge in [-0.3, -0.25) is 4.90 Å². The fraction of sp³-hybridized carbons (Fsp3) is 1.00. The van der Waals surface area contributed by atoms with Gasteiger partial charge in [0.05, 0.1) is 12.7 Å². The molecule has 3 fully saturated rings. The molecule has 0 aromatic heterocycles. The zero-order valence-corrected chi connectivity index (χ0v) is 5.84. The van der Waals surface area contributed by atoms with Crippen LogP contribution in [0.4, 0.5) is 0 Å². The first-order chi connectivity index (χ1) is 4.36. The maximum atomic E-state index is 5.51. The van der Waals surface area contributed by atoms with Gasteiger partial charge in [0.2, 0.25) is 0 Å². The molecule has 9 heavy (non-hydrogen) atoms. The van der Waals surface area contributed by atoms with Crippen LogP contribution in [-0.4, -0.2) is 37.2 Å². The first kappa shape index (κ1) is 5.69. The zero-order valence-electron chi connectivity index (χ0n) is 5.84. The first-order valence-corrected chi connectivity index (χ1v) is 3.68. The van der Waals surface area contributed by atoms with E-state index in [0.717, 1.165) is 19.2 Å². The van der Waals surface area contributed by atoms with Crippen molar-refractivity contribution >= 4 is 0 Å². The fourth-order valence-corrected chi connectivity index (χ4v) is 1.75. The molecule has 0 aliphatic carbocycles. The number of piperidine rings is 1.